The van der Waals surface area contributed by atoms with E-state index in [2.05, 4.69) is 10.2 Å². The summed E-state index contributed by atoms with van der Waals surface area (Å²) in [4.78, 5) is 12.1. The predicted molar refractivity (Wildman–Crippen MR) is 58.8 cm³/mol. The van der Waals surface area contributed by atoms with Crippen molar-refractivity contribution in [2.75, 3.05) is 5.73 Å². The molecule has 2 rings (SSSR count). The number of aromatic nitrogens is 3. The van der Waals surface area contributed by atoms with E-state index in [1.165, 1.54) is 16.3 Å². The number of aromatic amines is 1. The lowest BCUT2D eigenvalue weighted by Gasteiger charge is -1.99. The number of nitrogen functional groups attached to an aromatic ring is 1. The Labute approximate surface area is 90.3 Å². The van der Waals surface area contributed by atoms with Crippen molar-refractivity contribution in [3.63, 3.8) is 0 Å². The van der Waals surface area contributed by atoms with Crippen molar-refractivity contribution in [3.8, 4) is 0 Å². The first kappa shape index (κ1) is 9.85. The fourth-order valence-electron chi connectivity index (χ4n) is 1.07. The Morgan fingerprint density at radius 2 is 2.07 bits per heavy atom. The third-order valence-corrected chi connectivity index (χ3v) is 2.98. The molecule has 0 aliphatic rings. The second-order valence-electron chi connectivity index (χ2n) is 3.04. The van der Waals surface area contributed by atoms with Crippen LogP contribution in [0.1, 0.15) is 0 Å². The third-order valence-electron chi connectivity index (χ3n) is 1.93. The molecule has 0 amide bonds. The maximum absolute atomic E-state index is 11.1. The van der Waals surface area contributed by atoms with Crippen LogP contribution in [-0.2, 0) is 7.05 Å². The number of anilines is 1. The maximum Gasteiger partial charge on any atom is 0.343 e. The van der Waals surface area contributed by atoms with E-state index in [1.807, 2.05) is 24.3 Å². The second kappa shape index (κ2) is 3.82. The molecule has 0 bridgehead atoms. The zero-order chi connectivity index (χ0) is 10.8. The van der Waals surface area contributed by atoms with Gasteiger partial charge in [0.25, 0.3) is 0 Å². The molecular formula is C9H10N4OS. The normalized spacial score (nSPS) is 10.5. The van der Waals surface area contributed by atoms with Crippen LogP contribution < -0.4 is 11.4 Å². The largest absolute Gasteiger partial charge is 0.399 e. The Kier molecular flexibility index (Phi) is 2.51. The molecule has 78 valence electrons. The van der Waals surface area contributed by atoms with Crippen LogP contribution in [0.25, 0.3) is 0 Å². The average Bonchev–Trinajstić information content (AvgIpc) is 2.53. The van der Waals surface area contributed by atoms with Crippen molar-refractivity contribution < 1.29 is 0 Å². The van der Waals surface area contributed by atoms with Gasteiger partial charge in [-0.15, -0.1) is 5.10 Å². The molecule has 15 heavy (non-hydrogen) atoms. The standard InChI is InChI=1S/C9H10N4OS/c1-13-8(14)11-12-9(13)15-7-4-2-6(10)3-5-7/h2-5H,10H2,1H3,(H,11,14). The van der Waals surface area contributed by atoms with Crippen molar-refractivity contribution >= 4 is 17.4 Å². The molecule has 1 heterocycles. The van der Waals surface area contributed by atoms with Gasteiger partial charge in [0.05, 0.1) is 0 Å². The van der Waals surface area contributed by atoms with Gasteiger partial charge >= 0.3 is 5.69 Å². The van der Waals surface area contributed by atoms with Crippen LogP contribution in [0.2, 0.25) is 0 Å². The van der Waals surface area contributed by atoms with E-state index in [1.54, 1.807) is 7.05 Å². The summed E-state index contributed by atoms with van der Waals surface area (Å²) in [6.07, 6.45) is 0. The fourth-order valence-corrected chi connectivity index (χ4v) is 1.86. The van der Waals surface area contributed by atoms with E-state index in [4.69, 9.17) is 5.73 Å². The highest BCUT2D eigenvalue weighted by Crippen LogP contribution is 2.24. The Bertz CT molecular complexity index is 514. The number of benzene rings is 1. The Balaban J connectivity index is 2.26. The zero-order valence-electron chi connectivity index (χ0n) is 8.10. The van der Waals surface area contributed by atoms with E-state index in [-0.39, 0.29) is 5.69 Å². The highest BCUT2D eigenvalue weighted by atomic mass is 32.2. The van der Waals surface area contributed by atoms with Gasteiger partial charge in [0.2, 0.25) is 0 Å². The van der Waals surface area contributed by atoms with E-state index in [9.17, 15) is 4.79 Å². The minimum atomic E-state index is -0.215. The molecule has 0 radical (unpaired) electrons. The van der Waals surface area contributed by atoms with Crippen molar-refractivity contribution in [3.05, 3.63) is 34.7 Å². The van der Waals surface area contributed by atoms with Crippen molar-refractivity contribution in [1.82, 2.24) is 14.8 Å². The first-order valence-electron chi connectivity index (χ1n) is 4.31. The van der Waals surface area contributed by atoms with Gasteiger partial charge in [0.1, 0.15) is 0 Å². The van der Waals surface area contributed by atoms with E-state index in [0.717, 1.165) is 10.6 Å². The van der Waals surface area contributed by atoms with Gasteiger partial charge in [0.15, 0.2) is 5.16 Å². The maximum atomic E-state index is 11.1. The smallest absolute Gasteiger partial charge is 0.343 e. The first-order chi connectivity index (χ1) is 7.16. The van der Waals surface area contributed by atoms with Gasteiger partial charge in [-0.2, -0.15) is 0 Å². The summed E-state index contributed by atoms with van der Waals surface area (Å²) < 4.78 is 1.46. The van der Waals surface area contributed by atoms with Crippen LogP contribution in [-0.4, -0.2) is 14.8 Å². The number of hydrogen-bond acceptors (Lipinski definition) is 4. The highest BCUT2D eigenvalue weighted by molar-refractivity contribution is 7.99. The topological polar surface area (TPSA) is 76.7 Å². The summed E-state index contributed by atoms with van der Waals surface area (Å²) in [6.45, 7) is 0. The lowest BCUT2D eigenvalue weighted by molar-refractivity contribution is 0.766. The number of rotatable bonds is 2. The van der Waals surface area contributed by atoms with Gasteiger partial charge < -0.3 is 5.73 Å². The molecule has 5 nitrogen and oxygen atoms in total. The highest BCUT2D eigenvalue weighted by Gasteiger charge is 2.05. The lowest BCUT2D eigenvalue weighted by atomic mass is 10.3. The molecule has 0 saturated heterocycles. The summed E-state index contributed by atoms with van der Waals surface area (Å²) in [6, 6.07) is 7.40. The molecule has 3 N–H and O–H groups in total. The van der Waals surface area contributed by atoms with Gasteiger partial charge in [-0.3, -0.25) is 4.57 Å². The van der Waals surface area contributed by atoms with Gasteiger partial charge in [-0.1, -0.05) is 0 Å². The summed E-state index contributed by atoms with van der Waals surface area (Å²) in [5.41, 5.74) is 6.07. The molecule has 6 heteroatoms. The van der Waals surface area contributed by atoms with Gasteiger partial charge in [0, 0.05) is 17.6 Å². The molecule has 1 aromatic carbocycles. The number of hydrogen-bond donors (Lipinski definition) is 2. The number of nitrogens with one attached hydrogen (secondary N) is 1. The van der Waals surface area contributed by atoms with E-state index >= 15 is 0 Å². The SMILES string of the molecule is Cn1c(Sc2ccc(N)cc2)n[nH]c1=O. The summed E-state index contributed by atoms with van der Waals surface area (Å²) in [5, 5.41) is 6.90. The molecule has 0 atom stereocenters. The summed E-state index contributed by atoms with van der Waals surface area (Å²) in [5.74, 6) is 0. The molecule has 1 aromatic heterocycles. The van der Waals surface area contributed by atoms with Crippen molar-refractivity contribution in [2.24, 2.45) is 7.05 Å². The molecule has 2 aromatic rings. The predicted octanol–water partition coefficient (Wildman–Crippen LogP) is 0.842. The molecule has 0 saturated carbocycles. The fraction of sp³-hybridized carbons (Fsp3) is 0.111. The van der Waals surface area contributed by atoms with Crippen LogP contribution >= 0.6 is 11.8 Å². The quantitative estimate of drug-likeness (QED) is 0.738. The summed E-state index contributed by atoms with van der Waals surface area (Å²) in [7, 11) is 1.67. The van der Waals surface area contributed by atoms with Gasteiger partial charge in [-0.25, -0.2) is 9.89 Å². The molecule has 0 unspecified atom stereocenters. The Hall–Kier alpha value is -1.69. The third kappa shape index (κ3) is 2.04. The Morgan fingerprint density at radius 3 is 2.60 bits per heavy atom. The molecular weight excluding hydrogens is 212 g/mol. The minimum Gasteiger partial charge on any atom is -0.399 e. The van der Waals surface area contributed by atoms with E-state index < -0.39 is 0 Å². The monoisotopic (exact) mass is 222 g/mol. The van der Waals surface area contributed by atoms with Crippen LogP contribution in [0.3, 0.4) is 0 Å². The summed E-state index contributed by atoms with van der Waals surface area (Å²) >= 11 is 1.41. The molecule has 0 aliphatic heterocycles. The number of H-pyrrole nitrogens is 1. The van der Waals surface area contributed by atoms with Crippen LogP contribution in [0, 0.1) is 0 Å². The zero-order valence-corrected chi connectivity index (χ0v) is 8.91. The molecule has 0 fully saturated rings. The van der Waals surface area contributed by atoms with Crippen LogP contribution in [0.15, 0.2) is 39.1 Å². The van der Waals surface area contributed by atoms with Crippen molar-refractivity contribution in [2.45, 2.75) is 10.1 Å². The van der Waals surface area contributed by atoms with Crippen LogP contribution in [0.4, 0.5) is 5.69 Å². The average molecular weight is 222 g/mol. The minimum absolute atomic E-state index is 0.215. The molecule has 0 aliphatic carbocycles. The number of nitrogens with two attached hydrogens (primary N) is 1. The second-order valence-corrected chi connectivity index (χ2v) is 4.08. The van der Waals surface area contributed by atoms with E-state index in [0.29, 0.717) is 5.16 Å². The first-order valence-corrected chi connectivity index (χ1v) is 5.13. The number of nitrogens with zero attached hydrogens (tertiary/aromatic N) is 2. The van der Waals surface area contributed by atoms with Crippen molar-refractivity contribution in [1.29, 1.82) is 0 Å². The van der Waals surface area contributed by atoms with Gasteiger partial charge in [-0.05, 0) is 36.0 Å². The lowest BCUT2D eigenvalue weighted by Crippen LogP contribution is -2.12. The Morgan fingerprint density at radius 1 is 1.40 bits per heavy atom. The van der Waals surface area contributed by atoms with Crippen LogP contribution in [0.5, 0.6) is 0 Å². The molecule has 0 spiro atoms.